The highest BCUT2D eigenvalue weighted by molar-refractivity contribution is 7.98. The molecule has 0 aromatic carbocycles. The maximum atomic E-state index is 12.4. The first-order valence-electron chi connectivity index (χ1n) is 6.53. The van der Waals surface area contributed by atoms with Gasteiger partial charge in [-0.25, -0.2) is 9.97 Å². The monoisotopic (exact) mass is 307 g/mol. The van der Waals surface area contributed by atoms with E-state index in [0.29, 0.717) is 28.5 Å². The topological polar surface area (TPSA) is 92.2 Å². The van der Waals surface area contributed by atoms with E-state index in [1.807, 2.05) is 6.26 Å². The second kappa shape index (κ2) is 6.26. The lowest BCUT2D eigenvalue weighted by molar-refractivity contribution is -0.140. The Morgan fingerprint density at radius 2 is 2.05 bits per heavy atom. The fourth-order valence-electron chi connectivity index (χ4n) is 2.32. The van der Waals surface area contributed by atoms with Crippen molar-refractivity contribution < 1.29 is 14.7 Å². The molecule has 0 spiro atoms. The van der Waals surface area contributed by atoms with Gasteiger partial charge in [-0.1, -0.05) is 12.2 Å². The van der Waals surface area contributed by atoms with Crippen molar-refractivity contribution in [3.63, 3.8) is 0 Å². The molecule has 2 rings (SSSR count). The van der Waals surface area contributed by atoms with Crippen molar-refractivity contribution in [1.82, 2.24) is 15.3 Å². The van der Waals surface area contributed by atoms with Crippen LogP contribution in [0.5, 0.6) is 0 Å². The molecule has 112 valence electrons. The van der Waals surface area contributed by atoms with Crippen molar-refractivity contribution in [2.75, 3.05) is 6.26 Å². The zero-order valence-electron chi connectivity index (χ0n) is 12.1. The van der Waals surface area contributed by atoms with Gasteiger partial charge in [-0.05, 0) is 26.5 Å². The Morgan fingerprint density at radius 3 is 2.62 bits per heavy atom. The van der Waals surface area contributed by atoms with Crippen LogP contribution in [0.25, 0.3) is 0 Å². The van der Waals surface area contributed by atoms with Gasteiger partial charge in [0.15, 0.2) is 0 Å². The summed E-state index contributed by atoms with van der Waals surface area (Å²) >= 11 is 1.39. The Morgan fingerprint density at radius 1 is 1.33 bits per heavy atom. The molecule has 1 aliphatic carbocycles. The van der Waals surface area contributed by atoms with Crippen LogP contribution in [0.4, 0.5) is 0 Å². The van der Waals surface area contributed by atoms with Crippen molar-refractivity contribution in [2.24, 2.45) is 5.92 Å². The predicted octanol–water partition coefficient (Wildman–Crippen LogP) is 1.57. The molecule has 0 aliphatic heterocycles. The lowest BCUT2D eigenvalue weighted by Crippen LogP contribution is -2.34. The van der Waals surface area contributed by atoms with E-state index in [2.05, 4.69) is 15.3 Å². The molecule has 1 aromatic heterocycles. The number of aryl methyl sites for hydroxylation is 2. The molecule has 6 nitrogen and oxygen atoms in total. The summed E-state index contributed by atoms with van der Waals surface area (Å²) in [5.74, 6) is -1.05. The van der Waals surface area contributed by atoms with Crippen LogP contribution in [-0.2, 0) is 4.79 Å². The van der Waals surface area contributed by atoms with Crippen molar-refractivity contribution in [3.8, 4) is 0 Å². The van der Waals surface area contributed by atoms with Crippen molar-refractivity contribution in [1.29, 1.82) is 0 Å². The van der Waals surface area contributed by atoms with E-state index in [1.165, 1.54) is 11.8 Å². The molecule has 2 unspecified atom stereocenters. The number of amides is 1. The molecule has 21 heavy (non-hydrogen) atoms. The van der Waals surface area contributed by atoms with E-state index in [9.17, 15) is 9.59 Å². The first-order chi connectivity index (χ1) is 9.92. The van der Waals surface area contributed by atoms with Crippen LogP contribution < -0.4 is 5.32 Å². The van der Waals surface area contributed by atoms with E-state index in [4.69, 9.17) is 5.11 Å². The van der Waals surface area contributed by atoms with Gasteiger partial charge in [-0.2, -0.15) is 0 Å². The van der Waals surface area contributed by atoms with Gasteiger partial charge in [0.05, 0.1) is 17.2 Å². The van der Waals surface area contributed by atoms with Gasteiger partial charge in [-0.15, -0.1) is 11.8 Å². The summed E-state index contributed by atoms with van der Waals surface area (Å²) in [6.45, 7) is 3.55. The highest BCUT2D eigenvalue weighted by Gasteiger charge is 2.27. The van der Waals surface area contributed by atoms with Crippen LogP contribution in [0.2, 0.25) is 0 Å². The summed E-state index contributed by atoms with van der Waals surface area (Å²) in [5.41, 5.74) is 1.08. The number of hydrogen-bond acceptors (Lipinski definition) is 5. The van der Waals surface area contributed by atoms with Crippen LogP contribution in [0.3, 0.4) is 0 Å². The Bertz CT molecular complexity index is 616. The van der Waals surface area contributed by atoms with Crippen LogP contribution in [-0.4, -0.2) is 39.2 Å². The minimum absolute atomic E-state index is 0.266. The molecule has 2 N–H and O–H groups in total. The minimum atomic E-state index is -0.873. The minimum Gasteiger partial charge on any atom is -0.481 e. The highest BCUT2D eigenvalue weighted by atomic mass is 32.2. The fraction of sp³-hybridized carbons (Fsp3) is 0.429. The lowest BCUT2D eigenvalue weighted by Gasteiger charge is -2.15. The van der Waals surface area contributed by atoms with Crippen LogP contribution in [0.1, 0.15) is 28.3 Å². The highest BCUT2D eigenvalue weighted by Crippen LogP contribution is 2.22. The number of carbonyl (C=O) groups excluding carboxylic acids is 1. The number of rotatable bonds is 4. The zero-order chi connectivity index (χ0) is 15.6. The third-order valence-electron chi connectivity index (χ3n) is 3.31. The van der Waals surface area contributed by atoms with Gasteiger partial charge in [-0.3, -0.25) is 9.59 Å². The summed E-state index contributed by atoms with van der Waals surface area (Å²) in [6, 6.07) is -0.269. The van der Waals surface area contributed by atoms with E-state index < -0.39 is 11.9 Å². The van der Waals surface area contributed by atoms with Gasteiger partial charge in [0.25, 0.3) is 5.91 Å². The molecule has 1 aromatic rings. The molecule has 0 bridgehead atoms. The number of carbonyl (C=O) groups is 2. The Labute approximate surface area is 127 Å². The van der Waals surface area contributed by atoms with Gasteiger partial charge in [0.2, 0.25) is 0 Å². The summed E-state index contributed by atoms with van der Waals surface area (Å²) in [4.78, 5) is 31.8. The normalized spacial score (nSPS) is 20.5. The number of aromatic nitrogens is 2. The number of hydrogen-bond donors (Lipinski definition) is 2. The SMILES string of the molecule is CSc1nc(C)nc(C)c1C(=O)NC1C=CC(C(=O)O)C1. The maximum Gasteiger partial charge on any atom is 0.310 e. The number of carboxylic acids is 1. The van der Waals surface area contributed by atoms with Crippen LogP contribution in [0, 0.1) is 19.8 Å². The fourth-order valence-corrected chi connectivity index (χ4v) is 2.99. The average molecular weight is 307 g/mol. The molecular weight excluding hydrogens is 290 g/mol. The third-order valence-corrected chi connectivity index (χ3v) is 3.99. The molecule has 1 aliphatic rings. The number of carboxylic acid groups (broad SMARTS) is 1. The molecule has 7 heteroatoms. The maximum absolute atomic E-state index is 12.4. The molecular formula is C14H17N3O3S. The van der Waals surface area contributed by atoms with Crippen molar-refractivity contribution in [2.45, 2.75) is 31.3 Å². The number of nitrogens with one attached hydrogen (secondary N) is 1. The van der Waals surface area contributed by atoms with Gasteiger partial charge >= 0.3 is 5.97 Å². The predicted molar refractivity (Wildman–Crippen MR) is 79.4 cm³/mol. The largest absolute Gasteiger partial charge is 0.481 e. The molecule has 0 saturated heterocycles. The molecule has 1 amide bonds. The molecule has 1 heterocycles. The van der Waals surface area contributed by atoms with Crippen molar-refractivity contribution in [3.05, 3.63) is 29.2 Å². The lowest BCUT2D eigenvalue weighted by atomic mass is 10.1. The summed E-state index contributed by atoms with van der Waals surface area (Å²) in [6.07, 6.45) is 5.57. The summed E-state index contributed by atoms with van der Waals surface area (Å²) in [7, 11) is 0. The summed E-state index contributed by atoms with van der Waals surface area (Å²) < 4.78 is 0. The molecule has 0 saturated carbocycles. The Balaban J connectivity index is 2.15. The number of thioether (sulfide) groups is 1. The van der Waals surface area contributed by atoms with Gasteiger partial charge in [0, 0.05) is 6.04 Å². The third kappa shape index (κ3) is 3.41. The first-order valence-corrected chi connectivity index (χ1v) is 7.76. The van der Waals surface area contributed by atoms with Gasteiger partial charge in [0.1, 0.15) is 10.9 Å². The quantitative estimate of drug-likeness (QED) is 0.498. The van der Waals surface area contributed by atoms with Crippen LogP contribution >= 0.6 is 11.8 Å². The van der Waals surface area contributed by atoms with E-state index in [-0.39, 0.29) is 11.9 Å². The van der Waals surface area contributed by atoms with Crippen LogP contribution in [0.15, 0.2) is 17.2 Å². The van der Waals surface area contributed by atoms with E-state index in [1.54, 1.807) is 26.0 Å². The number of aliphatic carboxylic acids is 1. The second-order valence-electron chi connectivity index (χ2n) is 4.89. The number of nitrogens with zero attached hydrogens (tertiary/aromatic N) is 2. The smallest absolute Gasteiger partial charge is 0.310 e. The van der Waals surface area contributed by atoms with E-state index >= 15 is 0 Å². The van der Waals surface area contributed by atoms with E-state index in [0.717, 1.165) is 0 Å². The summed E-state index contributed by atoms with van der Waals surface area (Å²) in [5, 5.41) is 12.4. The van der Waals surface area contributed by atoms with Crippen molar-refractivity contribution >= 4 is 23.6 Å². The zero-order valence-corrected chi connectivity index (χ0v) is 12.9. The average Bonchev–Trinajstić information content (AvgIpc) is 2.86. The molecule has 0 fully saturated rings. The first kappa shape index (κ1) is 15.5. The molecule has 2 atom stereocenters. The standard InChI is InChI=1S/C14H17N3O3S/c1-7-11(13(21-3)16-8(2)15-7)12(18)17-10-5-4-9(6-10)14(19)20/h4-5,9-10H,6H2,1-3H3,(H,17,18)(H,19,20). The molecule has 0 radical (unpaired) electrons. The Hall–Kier alpha value is -1.89. The second-order valence-corrected chi connectivity index (χ2v) is 5.68. The Kier molecular flexibility index (Phi) is 4.62. The van der Waals surface area contributed by atoms with Gasteiger partial charge < -0.3 is 10.4 Å².